The molecule has 0 fully saturated rings. The van der Waals surface area contributed by atoms with Crippen LogP contribution >= 0.6 is 0 Å². The van der Waals surface area contributed by atoms with Crippen molar-refractivity contribution in [2.24, 2.45) is 5.10 Å². The maximum Gasteiger partial charge on any atom is 0.323 e. The van der Waals surface area contributed by atoms with E-state index < -0.39 is 34.9 Å². The van der Waals surface area contributed by atoms with E-state index in [9.17, 15) is 24.5 Å². The van der Waals surface area contributed by atoms with Crippen LogP contribution in [0.1, 0.15) is 22.8 Å². The zero-order chi connectivity index (χ0) is 24.0. The van der Waals surface area contributed by atoms with Crippen molar-refractivity contribution in [1.29, 1.82) is 0 Å². The average Bonchev–Trinajstić information content (AvgIpc) is 3.25. The van der Waals surface area contributed by atoms with Gasteiger partial charge in [-0.3, -0.25) is 24.5 Å². The number of nitrogens with one attached hydrogen (secondary N) is 2. The minimum absolute atomic E-state index is 0.0163. The quantitative estimate of drug-likeness (QED) is 0.194. The monoisotopic (exact) mass is 458 g/mol. The fraction of sp³-hybridized carbons (Fsp3) is 0.200. The highest BCUT2D eigenvalue weighted by atomic mass is 16.7. The predicted octanol–water partition coefficient (Wildman–Crippen LogP) is 1.14. The molecule has 0 atom stereocenters. The van der Waals surface area contributed by atoms with E-state index in [2.05, 4.69) is 15.8 Å². The molecule has 1 aliphatic heterocycles. The summed E-state index contributed by atoms with van der Waals surface area (Å²) in [6.07, 6.45) is 1.02. The van der Waals surface area contributed by atoms with Gasteiger partial charge in [0, 0.05) is 12.5 Å². The van der Waals surface area contributed by atoms with Crippen LogP contribution in [0.25, 0.3) is 0 Å². The van der Waals surface area contributed by atoms with Crippen LogP contribution in [0.4, 0.5) is 5.69 Å². The molecule has 0 saturated heterocycles. The summed E-state index contributed by atoms with van der Waals surface area (Å²) in [5, 5.41) is 17.6. The third-order valence-electron chi connectivity index (χ3n) is 4.20. The van der Waals surface area contributed by atoms with Gasteiger partial charge >= 0.3 is 11.7 Å². The normalized spacial score (nSPS) is 11.7. The van der Waals surface area contributed by atoms with Crippen molar-refractivity contribution in [3.05, 3.63) is 51.6 Å². The number of nitro benzene ring substituents is 1. The van der Waals surface area contributed by atoms with Crippen LogP contribution in [0, 0.1) is 10.1 Å². The fourth-order valence-electron chi connectivity index (χ4n) is 2.81. The first-order chi connectivity index (χ1) is 15.8. The van der Waals surface area contributed by atoms with Crippen LogP contribution < -0.4 is 29.7 Å². The van der Waals surface area contributed by atoms with E-state index in [-0.39, 0.29) is 29.4 Å². The maximum absolute atomic E-state index is 12.2. The highest BCUT2D eigenvalue weighted by Crippen LogP contribution is 2.39. The van der Waals surface area contributed by atoms with E-state index in [1.54, 1.807) is 6.07 Å². The van der Waals surface area contributed by atoms with Gasteiger partial charge in [-0.15, -0.1) is 0 Å². The summed E-state index contributed by atoms with van der Waals surface area (Å²) < 4.78 is 20.3. The van der Waals surface area contributed by atoms with Gasteiger partial charge in [-0.05, 0) is 30.3 Å². The van der Waals surface area contributed by atoms with Gasteiger partial charge in [-0.2, -0.15) is 5.10 Å². The summed E-state index contributed by atoms with van der Waals surface area (Å²) in [4.78, 5) is 46.1. The molecule has 0 saturated carbocycles. The molecule has 2 aromatic rings. The highest BCUT2D eigenvalue weighted by molar-refractivity contribution is 5.97. The number of hydrazone groups is 1. The number of hydrogen-bond acceptors (Lipinski definition) is 10. The van der Waals surface area contributed by atoms with E-state index in [1.165, 1.54) is 31.4 Å². The van der Waals surface area contributed by atoms with Crippen LogP contribution in [-0.4, -0.2) is 49.4 Å². The van der Waals surface area contributed by atoms with E-state index in [1.807, 2.05) is 0 Å². The topological polar surface area (TPSA) is 168 Å². The van der Waals surface area contributed by atoms with Crippen LogP contribution in [0.3, 0.4) is 0 Å². The van der Waals surface area contributed by atoms with E-state index in [4.69, 9.17) is 18.9 Å². The van der Waals surface area contributed by atoms with Crippen molar-refractivity contribution in [1.82, 2.24) is 10.7 Å². The Hall–Kier alpha value is -4.68. The van der Waals surface area contributed by atoms with Gasteiger partial charge in [-0.25, -0.2) is 5.43 Å². The molecule has 2 N–H and O–H groups in total. The Balaban J connectivity index is 1.62. The maximum atomic E-state index is 12.2. The molecule has 0 bridgehead atoms. The van der Waals surface area contributed by atoms with Crippen LogP contribution in [0.2, 0.25) is 0 Å². The van der Waals surface area contributed by atoms with E-state index in [0.717, 1.165) is 13.1 Å². The van der Waals surface area contributed by atoms with Gasteiger partial charge in [0.2, 0.25) is 12.5 Å². The number of ether oxygens (including phenoxy) is 4. The van der Waals surface area contributed by atoms with Gasteiger partial charge in [0.1, 0.15) is 0 Å². The lowest BCUT2D eigenvalue weighted by Crippen LogP contribution is -2.34. The summed E-state index contributed by atoms with van der Waals surface area (Å²) in [7, 11) is 1.18. The third-order valence-corrected chi connectivity index (χ3v) is 4.20. The number of benzene rings is 2. The Morgan fingerprint density at radius 1 is 1.21 bits per heavy atom. The van der Waals surface area contributed by atoms with E-state index >= 15 is 0 Å². The lowest BCUT2D eigenvalue weighted by atomic mass is 10.1. The van der Waals surface area contributed by atoms with Crippen molar-refractivity contribution in [3.63, 3.8) is 0 Å². The molecular weight excluding hydrogens is 440 g/mol. The second kappa shape index (κ2) is 10.1. The first kappa shape index (κ1) is 23.0. The van der Waals surface area contributed by atoms with Crippen molar-refractivity contribution in [3.8, 4) is 23.0 Å². The summed E-state index contributed by atoms with van der Waals surface area (Å²) in [6, 6.07) is 7.15. The van der Waals surface area contributed by atoms with Crippen molar-refractivity contribution in [2.45, 2.75) is 6.92 Å². The number of esters is 1. The predicted molar refractivity (Wildman–Crippen MR) is 112 cm³/mol. The Bertz CT molecular complexity index is 1150. The molecule has 0 radical (unpaired) electrons. The molecule has 13 nitrogen and oxygen atoms in total. The van der Waals surface area contributed by atoms with Crippen molar-refractivity contribution >= 4 is 29.7 Å². The molecule has 3 rings (SSSR count). The van der Waals surface area contributed by atoms with E-state index in [0.29, 0.717) is 11.5 Å². The van der Waals surface area contributed by atoms with Crippen molar-refractivity contribution in [2.75, 3.05) is 20.4 Å². The zero-order valence-electron chi connectivity index (χ0n) is 17.4. The SMILES string of the molecule is COc1c(OC(C)=O)ccc(/C=N/NC(=O)CNC(=O)c2ccc3c(c2)OCO3)c1[N+](=O)[O-]. The van der Waals surface area contributed by atoms with Gasteiger partial charge in [-0.1, -0.05) is 0 Å². The molecule has 2 amide bonds. The molecule has 0 spiro atoms. The lowest BCUT2D eigenvalue weighted by molar-refractivity contribution is -0.385. The van der Waals surface area contributed by atoms with Crippen LogP contribution in [-0.2, 0) is 9.59 Å². The van der Waals surface area contributed by atoms with Gasteiger partial charge in [0.05, 0.1) is 30.4 Å². The highest BCUT2D eigenvalue weighted by Gasteiger charge is 2.25. The lowest BCUT2D eigenvalue weighted by Gasteiger charge is -2.09. The number of carbonyl (C=O) groups is 3. The molecule has 13 heteroatoms. The van der Waals surface area contributed by atoms with Gasteiger partial charge in [0.15, 0.2) is 17.2 Å². The smallest absolute Gasteiger partial charge is 0.323 e. The number of amides is 2. The second-order valence-electron chi connectivity index (χ2n) is 6.43. The van der Waals surface area contributed by atoms with Crippen molar-refractivity contribution < 1.29 is 38.3 Å². The summed E-state index contributed by atoms with van der Waals surface area (Å²) in [5.41, 5.74) is 1.90. The Morgan fingerprint density at radius 3 is 2.67 bits per heavy atom. The number of carbonyl (C=O) groups excluding carboxylic acids is 3. The first-order valence-electron chi connectivity index (χ1n) is 9.33. The van der Waals surface area contributed by atoms with Crippen LogP contribution in [0.5, 0.6) is 23.0 Å². The zero-order valence-corrected chi connectivity index (χ0v) is 17.4. The molecule has 0 aromatic heterocycles. The summed E-state index contributed by atoms with van der Waals surface area (Å²) in [6.45, 7) is 0.806. The number of nitrogens with zero attached hydrogens (tertiary/aromatic N) is 2. The molecule has 1 heterocycles. The second-order valence-corrected chi connectivity index (χ2v) is 6.43. The number of rotatable bonds is 8. The standard InChI is InChI=1S/C20H18N4O9/c1-11(25)33-15-6-4-13(18(24(28)29)19(15)30-2)8-22-23-17(26)9-21-20(27)12-3-5-14-16(7-12)32-10-31-14/h3-8H,9-10H2,1-2H3,(H,21,27)(H,23,26)/b22-8+. The average molecular weight is 458 g/mol. The Morgan fingerprint density at radius 2 is 1.97 bits per heavy atom. The molecule has 0 unspecified atom stereocenters. The fourth-order valence-corrected chi connectivity index (χ4v) is 2.81. The Labute approximate surface area is 186 Å². The summed E-state index contributed by atoms with van der Waals surface area (Å²) >= 11 is 0. The number of nitro groups is 1. The number of methoxy groups -OCH3 is 1. The number of hydrogen-bond donors (Lipinski definition) is 2. The Kier molecular flexibility index (Phi) is 7.03. The minimum atomic E-state index is -0.736. The number of fused-ring (bicyclic) bond motifs is 1. The van der Waals surface area contributed by atoms with Gasteiger partial charge in [0.25, 0.3) is 11.8 Å². The molecule has 33 heavy (non-hydrogen) atoms. The molecular formula is C20H18N4O9. The molecule has 2 aromatic carbocycles. The van der Waals surface area contributed by atoms with Crippen LogP contribution in [0.15, 0.2) is 35.4 Å². The third kappa shape index (κ3) is 5.52. The van der Waals surface area contributed by atoms with Gasteiger partial charge < -0.3 is 24.3 Å². The summed E-state index contributed by atoms with van der Waals surface area (Å²) in [5.74, 6) is -1.34. The molecule has 1 aliphatic rings. The largest absolute Gasteiger partial charge is 0.488 e. The molecule has 172 valence electrons. The first-order valence-corrected chi connectivity index (χ1v) is 9.33. The minimum Gasteiger partial charge on any atom is -0.488 e. The molecule has 0 aliphatic carbocycles.